The van der Waals surface area contributed by atoms with Gasteiger partial charge in [-0.2, -0.15) is 0 Å². The number of halogens is 1. The van der Waals surface area contributed by atoms with Crippen molar-refractivity contribution in [1.29, 1.82) is 0 Å². The molecule has 32 heavy (non-hydrogen) atoms. The Morgan fingerprint density at radius 3 is 2.34 bits per heavy atom. The van der Waals surface area contributed by atoms with Gasteiger partial charge in [-0.05, 0) is 61.7 Å². The van der Waals surface area contributed by atoms with Gasteiger partial charge in [0.1, 0.15) is 11.4 Å². The molecule has 2 amide bonds. The molecule has 1 aliphatic rings. The summed E-state index contributed by atoms with van der Waals surface area (Å²) < 4.78 is 5.49. The molecule has 1 aliphatic heterocycles. The van der Waals surface area contributed by atoms with Crippen molar-refractivity contribution in [2.24, 2.45) is 0 Å². The predicted molar refractivity (Wildman–Crippen MR) is 128 cm³/mol. The van der Waals surface area contributed by atoms with Crippen LogP contribution in [0.5, 0.6) is 5.75 Å². The Balaban J connectivity index is 1.89. The van der Waals surface area contributed by atoms with Gasteiger partial charge in [-0.3, -0.25) is 9.59 Å². The Morgan fingerprint density at radius 1 is 0.875 bits per heavy atom. The zero-order valence-electron chi connectivity index (χ0n) is 18.3. The van der Waals surface area contributed by atoms with Crippen LogP contribution in [0.4, 0.5) is 11.4 Å². The number of methoxy groups -OCH3 is 1. The lowest BCUT2D eigenvalue weighted by Gasteiger charge is -2.19. The van der Waals surface area contributed by atoms with E-state index in [0.29, 0.717) is 27.7 Å². The summed E-state index contributed by atoms with van der Waals surface area (Å²) in [6.45, 7) is 5.75. The third kappa shape index (κ3) is 3.65. The summed E-state index contributed by atoms with van der Waals surface area (Å²) in [6.07, 6.45) is 0. The maximum absolute atomic E-state index is 13.7. The Hall–Kier alpha value is -3.57. The van der Waals surface area contributed by atoms with Gasteiger partial charge in [-0.25, -0.2) is 4.90 Å². The average Bonchev–Trinajstić information content (AvgIpc) is 3.02. The second-order valence-corrected chi connectivity index (χ2v) is 8.11. The Labute approximate surface area is 192 Å². The Kier molecular flexibility index (Phi) is 5.76. The number of hydrogen-bond donors (Lipinski definition) is 1. The first-order valence-electron chi connectivity index (χ1n) is 10.2. The molecule has 0 saturated heterocycles. The molecule has 0 unspecified atom stereocenters. The van der Waals surface area contributed by atoms with Crippen LogP contribution in [0, 0.1) is 20.8 Å². The van der Waals surface area contributed by atoms with Gasteiger partial charge in [-0.15, -0.1) is 0 Å². The van der Waals surface area contributed by atoms with E-state index in [4.69, 9.17) is 16.3 Å². The number of ether oxygens (including phenoxy) is 1. The lowest BCUT2D eigenvalue weighted by atomic mass is 10.0. The minimum Gasteiger partial charge on any atom is -0.496 e. The molecule has 3 aromatic rings. The van der Waals surface area contributed by atoms with Crippen molar-refractivity contribution in [2.75, 3.05) is 17.3 Å². The van der Waals surface area contributed by atoms with Gasteiger partial charge in [0, 0.05) is 16.3 Å². The molecule has 1 heterocycles. The molecule has 0 atom stereocenters. The number of nitrogens with one attached hydrogen (secondary N) is 1. The van der Waals surface area contributed by atoms with E-state index in [9.17, 15) is 9.59 Å². The number of imide groups is 1. The highest BCUT2D eigenvalue weighted by Crippen LogP contribution is 2.38. The maximum atomic E-state index is 13.7. The third-order valence-electron chi connectivity index (χ3n) is 5.72. The van der Waals surface area contributed by atoms with Crippen LogP contribution in [0.2, 0.25) is 5.02 Å². The van der Waals surface area contributed by atoms with Crippen molar-refractivity contribution in [3.8, 4) is 5.75 Å². The number of para-hydroxylation sites is 1. The van der Waals surface area contributed by atoms with Crippen LogP contribution in [-0.4, -0.2) is 18.9 Å². The number of aryl methyl sites for hydroxylation is 2. The first-order valence-corrected chi connectivity index (χ1v) is 10.6. The van der Waals surface area contributed by atoms with Gasteiger partial charge in [-0.1, -0.05) is 48.0 Å². The van der Waals surface area contributed by atoms with Gasteiger partial charge in [0.05, 0.1) is 18.4 Å². The normalized spacial score (nSPS) is 13.7. The molecule has 0 spiro atoms. The molecule has 162 valence electrons. The van der Waals surface area contributed by atoms with E-state index in [1.807, 2.05) is 57.2 Å². The van der Waals surface area contributed by atoms with E-state index >= 15 is 0 Å². The van der Waals surface area contributed by atoms with E-state index in [1.54, 1.807) is 24.3 Å². The lowest BCUT2D eigenvalue weighted by molar-refractivity contribution is -0.120. The molecule has 0 bridgehead atoms. The summed E-state index contributed by atoms with van der Waals surface area (Å²) in [5.41, 5.74) is 4.94. The first-order chi connectivity index (χ1) is 15.3. The summed E-state index contributed by atoms with van der Waals surface area (Å²) in [7, 11) is 1.54. The fraction of sp³-hybridized carbons (Fsp3) is 0.154. The van der Waals surface area contributed by atoms with Gasteiger partial charge in [0.25, 0.3) is 11.8 Å². The summed E-state index contributed by atoms with van der Waals surface area (Å²) in [5, 5.41) is 3.72. The molecule has 1 N–H and O–H groups in total. The zero-order chi connectivity index (χ0) is 23.0. The largest absolute Gasteiger partial charge is 0.496 e. The van der Waals surface area contributed by atoms with Crippen LogP contribution in [-0.2, 0) is 9.59 Å². The molecular weight excluding hydrogens is 424 g/mol. The Morgan fingerprint density at radius 2 is 1.62 bits per heavy atom. The third-order valence-corrected chi connectivity index (χ3v) is 6.13. The fourth-order valence-corrected chi connectivity index (χ4v) is 3.94. The minimum absolute atomic E-state index is 0.181. The van der Waals surface area contributed by atoms with Gasteiger partial charge in [0.2, 0.25) is 0 Å². The summed E-state index contributed by atoms with van der Waals surface area (Å²) >= 11 is 6.29. The molecule has 0 saturated carbocycles. The van der Waals surface area contributed by atoms with Crippen LogP contribution in [0.3, 0.4) is 0 Å². The molecular formula is C26H23ClN2O3. The van der Waals surface area contributed by atoms with E-state index in [2.05, 4.69) is 5.32 Å². The van der Waals surface area contributed by atoms with Crippen molar-refractivity contribution >= 4 is 40.4 Å². The highest BCUT2D eigenvalue weighted by Gasteiger charge is 2.41. The molecule has 0 fully saturated rings. The smallest absolute Gasteiger partial charge is 0.282 e. The van der Waals surface area contributed by atoms with E-state index in [1.165, 1.54) is 12.0 Å². The van der Waals surface area contributed by atoms with E-state index < -0.39 is 11.8 Å². The van der Waals surface area contributed by atoms with Gasteiger partial charge in [0.15, 0.2) is 0 Å². The van der Waals surface area contributed by atoms with Crippen molar-refractivity contribution in [3.63, 3.8) is 0 Å². The second kappa shape index (κ2) is 8.52. The van der Waals surface area contributed by atoms with E-state index in [0.717, 1.165) is 16.7 Å². The number of carbonyl (C=O) groups is 2. The molecule has 4 rings (SSSR count). The summed E-state index contributed by atoms with van der Waals surface area (Å²) in [6, 6.07) is 18.2. The van der Waals surface area contributed by atoms with Crippen LogP contribution < -0.4 is 15.0 Å². The van der Waals surface area contributed by atoms with Crippen molar-refractivity contribution in [1.82, 2.24) is 0 Å². The van der Waals surface area contributed by atoms with Crippen LogP contribution in [0.15, 0.2) is 66.4 Å². The number of hydrogen-bond acceptors (Lipinski definition) is 4. The van der Waals surface area contributed by atoms with Gasteiger partial charge >= 0.3 is 0 Å². The topological polar surface area (TPSA) is 58.6 Å². The molecule has 3 aromatic carbocycles. The Bertz CT molecular complexity index is 1280. The fourth-order valence-electron chi connectivity index (χ4n) is 3.76. The minimum atomic E-state index is -0.429. The lowest BCUT2D eigenvalue weighted by Crippen LogP contribution is -2.33. The van der Waals surface area contributed by atoms with E-state index in [-0.39, 0.29) is 11.3 Å². The maximum Gasteiger partial charge on any atom is 0.282 e. The molecule has 0 radical (unpaired) electrons. The molecule has 0 aromatic heterocycles. The quantitative estimate of drug-likeness (QED) is 0.513. The van der Waals surface area contributed by atoms with Crippen molar-refractivity contribution < 1.29 is 14.3 Å². The molecule has 6 heteroatoms. The van der Waals surface area contributed by atoms with Crippen molar-refractivity contribution in [3.05, 3.63) is 93.6 Å². The number of nitrogens with zero attached hydrogens (tertiary/aromatic N) is 1. The monoisotopic (exact) mass is 446 g/mol. The number of anilines is 2. The van der Waals surface area contributed by atoms with Crippen molar-refractivity contribution in [2.45, 2.75) is 20.8 Å². The van der Waals surface area contributed by atoms with Gasteiger partial charge < -0.3 is 10.1 Å². The zero-order valence-corrected chi connectivity index (χ0v) is 19.1. The summed E-state index contributed by atoms with van der Waals surface area (Å²) in [5.74, 6) is -0.331. The van der Waals surface area contributed by atoms with Crippen LogP contribution in [0.1, 0.15) is 22.3 Å². The summed E-state index contributed by atoms with van der Waals surface area (Å²) in [4.78, 5) is 28.6. The molecule has 0 aliphatic carbocycles. The second-order valence-electron chi connectivity index (χ2n) is 7.70. The van der Waals surface area contributed by atoms with Crippen LogP contribution >= 0.6 is 11.6 Å². The highest BCUT2D eigenvalue weighted by atomic mass is 35.5. The predicted octanol–water partition coefficient (Wildman–Crippen LogP) is 5.67. The average molecular weight is 447 g/mol. The number of benzene rings is 3. The van der Waals surface area contributed by atoms with Crippen LogP contribution in [0.25, 0.3) is 5.57 Å². The number of rotatable bonds is 5. The number of amides is 2. The first kappa shape index (κ1) is 21.7. The number of carbonyl (C=O) groups excluding carboxylic acids is 2. The standard InChI is InChI=1S/C26H23ClN2O3/c1-15-8-7-10-21(17(15)3)29-25(30)23(19-9-5-6-11-22(19)32-4)24(26(29)31)28-18-13-12-16(2)20(27)14-18/h5-14,28H,1-4H3. The SMILES string of the molecule is COc1ccccc1C1=C(Nc2ccc(C)c(Cl)c2)C(=O)N(c2cccc(C)c2C)C1=O. The molecule has 5 nitrogen and oxygen atoms in total. The highest BCUT2D eigenvalue weighted by molar-refractivity contribution is 6.46.